The van der Waals surface area contributed by atoms with Gasteiger partial charge in [0.15, 0.2) is 0 Å². The first kappa shape index (κ1) is 13.6. The molecule has 0 aliphatic rings. The number of nitrogens with zero attached hydrogens (tertiary/aromatic N) is 1. The molecule has 0 saturated heterocycles. The molecule has 0 amide bonds. The quantitative estimate of drug-likeness (QED) is 0.794. The Labute approximate surface area is 100 Å². The van der Waals surface area contributed by atoms with Gasteiger partial charge in [-0.15, -0.1) is 0 Å². The lowest BCUT2D eigenvalue weighted by molar-refractivity contribution is -0.144. The van der Waals surface area contributed by atoms with E-state index in [1.165, 1.54) is 6.07 Å². The lowest BCUT2D eigenvalue weighted by Gasteiger charge is -2.28. The highest BCUT2D eigenvalue weighted by molar-refractivity contribution is 5.71. The molecule has 94 valence electrons. The van der Waals surface area contributed by atoms with Gasteiger partial charge in [0.25, 0.3) is 0 Å². The molecule has 5 heteroatoms. The summed E-state index contributed by atoms with van der Waals surface area (Å²) in [5, 5.41) is 3.00. The van der Waals surface area contributed by atoms with E-state index in [1.807, 2.05) is 0 Å². The van der Waals surface area contributed by atoms with E-state index in [4.69, 9.17) is 4.74 Å². The smallest absolute Gasteiger partial charge is 0.307 e. The fourth-order valence-corrected chi connectivity index (χ4v) is 1.55. The normalized spacial score (nSPS) is 14.1. The van der Waals surface area contributed by atoms with Crippen LogP contribution in [0.2, 0.25) is 0 Å². The minimum absolute atomic E-state index is 0.127. The maximum absolute atomic E-state index is 13.1. The summed E-state index contributed by atoms with van der Waals surface area (Å²) in [5.41, 5.74) is -0.0606. The van der Waals surface area contributed by atoms with Crippen molar-refractivity contribution >= 4 is 5.97 Å². The first-order valence-electron chi connectivity index (χ1n) is 5.47. The molecule has 4 nitrogen and oxygen atoms in total. The zero-order valence-corrected chi connectivity index (χ0v) is 10.3. The average Bonchev–Trinajstić information content (AvgIpc) is 2.29. The molecule has 17 heavy (non-hydrogen) atoms. The Morgan fingerprint density at radius 2 is 2.29 bits per heavy atom. The lowest BCUT2D eigenvalue weighted by atomic mass is 9.90. The van der Waals surface area contributed by atoms with Crippen LogP contribution in [0.15, 0.2) is 18.5 Å². The van der Waals surface area contributed by atoms with Crippen LogP contribution >= 0.6 is 0 Å². The summed E-state index contributed by atoms with van der Waals surface area (Å²) in [5.74, 6) is -0.749. The second-order valence-electron chi connectivity index (χ2n) is 3.96. The van der Waals surface area contributed by atoms with Crippen LogP contribution in [0.1, 0.15) is 25.8 Å². The van der Waals surface area contributed by atoms with Gasteiger partial charge < -0.3 is 10.1 Å². The van der Waals surface area contributed by atoms with Crippen LogP contribution in [0.25, 0.3) is 0 Å². The topological polar surface area (TPSA) is 51.2 Å². The molecule has 0 saturated carbocycles. The molecule has 1 aromatic heterocycles. The van der Waals surface area contributed by atoms with Crippen LogP contribution < -0.4 is 5.32 Å². The molecular formula is C12H17FN2O2. The molecule has 0 fully saturated rings. The van der Waals surface area contributed by atoms with Crippen molar-refractivity contribution in [2.45, 2.75) is 25.8 Å². The van der Waals surface area contributed by atoms with Crippen molar-refractivity contribution in [1.82, 2.24) is 10.3 Å². The molecule has 0 aliphatic carbocycles. The Morgan fingerprint density at radius 1 is 1.59 bits per heavy atom. The number of hydrogen-bond donors (Lipinski definition) is 1. The number of pyridine rings is 1. The van der Waals surface area contributed by atoms with Crippen molar-refractivity contribution in [2.24, 2.45) is 0 Å². The second-order valence-corrected chi connectivity index (χ2v) is 3.96. The van der Waals surface area contributed by atoms with Crippen LogP contribution in [-0.2, 0) is 15.1 Å². The Morgan fingerprint density at radius 3 is 2.82 bits per heavy atom. The molecule has 0 aliphatic heterocycles. The van der Waals surface area contributed by atoms with Gasteiger partial charge in [0, 0.05) is 6.20 Å². The van der Waals surface area contributed by atoms with E-state index in [2.05, 4.69) is 10.3 Å². The SMILES string of the molecule is CCOC(=O)CC(C)(NC)c1cncc(F)c1. The van der Waals surface area contributed by atoms with Crippen molar-refractivity contribution in [1.29, 1.82) is 0 Å². The molecule has 0 spiro atoms. The minimum atomic E-state index is -0.679. The first-order valence-corrected chi connectivity index (χ1v) is 5.47. The summed E-state index contributed by atoms with van der Waals surface area (Å²) in [7, 11) is 1.71. The van der Waals surface area contributed by atoms with Gasteiger partial charge in [-0.25, -0.2) is 4.39 Å². The molecular weight excluding hydrogens is 223 g/mol. The van der Waals surface area contributed by atoms with Gasteiger partial charge >= 0.3 is 5.97 Å². The lowest BCUT2D eigenvalue weighted by Crippen LogP contribution is -2.39. The summed E-state index contributed by atoms with van der Waals surface area (Å²) >= 11 is 0. The highest BCUT2D eigenvalue weighted by Crippen LogP contribution is 2.24. The van der Waals surface area contributed by atoms with Gasteiger partial charge in [0.1, 0.15) is 5.82 Å². The van der Waals surface area contributed by atoms with Crippen LogP contribution in [0, 0.1) is 5.82 Å². The number of hydrogen-bond acceptors (Lipinski definition) is 4. The molecule has 1 atom stereocenters. The number of rotatable bonds is 5. The standard InChI is InChI=1S/C12H17FN2O2/c1-4-17-11(16)6-12(2,14-3)9-5-10(13)8-15-7-9/h5,7-8,14H,4,6H2,1-3H3. The maximum atomic E-state index is 13.1. The summed E-state index contributed by atoms with van der Waals surface area (Å²) in [6.07, 6.45) is 2.80. The van der Waals surface area contributed by atoms with Gasteiger partial charge in [-0.05, 0) is 32.5 Å². The zero-order chi connectivity index (χ0) is 12.9. The van der Waals surface area contributed by atoms with E-state index < -0.39 is 11.4 Å². The molecule has 1 N–H and O–H groups in total. The van der Waals surface area contributed by atoms with Crippen molar-refractivity contribution in [3.05, 3.63) is 29.8 Å². The van der Waals surface area contributed by atoms with Crippen LogP contribution in [0.5, 0.6) is 0 Å². The summed E-state index contributed by atoms with van der Waals surface area (Å²) < 4.78 is 18.0. The summed E-state index contributed by atoms with van der Waals surface area (Å²) in [6, 6.07) is 1.36. The largest absolute Gasteiger partial charge is 0.466 e. The fourth-order valence-electron chi connectivity index (χ4n) is 1.55. The first-order chi connectivity index (χ1) is 8.01. The fraction of sp³-hybridized carbons (Fsp3) is 0.500. The molecule has 1 unspecified atom stereocenters. The van der Waals surface area contributed by atoms with Gasteiger partial charge in [-0.1, -0.05) is 0 Å². The van der Waals surface area contributed by atoms with Crippen LogP contribution in [0.3, 0.4) is 0 Å². The Balaban J connectivity index is 2.91. The van der Waals surface area contributed by atoms with Crippen molar-refractivity contribution < 1.29 is 13.9 Å². The van der Waals surface area contributed by atoms with Crippen molar-refractivity contribution in [3.8, 4) is 0 Å². The van der Waals surface area contributed by atoms with E-state index in [0.717, 1.165) is 6.20 Å². The van der Waals surface area contributed by atoms with E-state index >= 15 is 0 Å². The highest BCUT2D eigenvalue weighted by atomic mass is 19.1. The highest BCUT2D eigenvalue weighted by Gasteiger charge is 2.29. The van der Waals surface area contributed by atoms with E-state index in [9.17, 15) is 9.18 Å². The predicted octanol–water partition coefficient (Wildman–Crippen LogP) is 1.61. The Hall–Kier alpha value is -1.49. The van der Waals surface area contributed by atoms with Gasteiger partial charge in [0.2, 0.25) is 0 Å². The summed E-state index contributed by atoms with van der Waals surface area (Å²) in [4.78, 5) is 15.3. The van der Waals surface area contributed by atoms with Crippen molar-refractivity contribution in [2.75, 3.05) is 13.7 Å². The van der Waals surface area contributed by atoms with Gasteiger partial charge in [0.05, 0.1) is 24.8 Å². The predicted molar refractivity (Wildman–Crippen MR) is 61.9 cm³/mol. The Bertz CT molecular complexity index is 398. The van der Waals surface area contributed by atoms with E-state index in [0.29, 0.717) is 12.2 Å². The number of aromatic nitrogens is 1. The molecule has 1 heterocycles. The molecule has 0 bridgehead atoms. The second kappa shape index (κ2) is 5.72. The van der Waals surface area contributed by atoms with Gasteiger partial charge in [-0.3, -0.25) is 9.78 Å². The van der Waals surface area contributed by atoms with Crippen LogP contribution in [0.4, 0.5) is 4.39 Å². The van der Waals surface area contributed by atoms with Crippen molar-refractivity contribution in [3.63, 3.8) is 0 Å². The number of ether oxygens (including phenoxy) is 1. The summed E-state index contributed by atoms with van der Waals surface area (Å²) in [6.45, 7) is 3.89. The number of carbonyl (C=O) groups is 1. The molecule has 0 aromatic carbocycles. The van der Waals surface area contributed by atoms with Crippen LogP contribution in [-0.4, -0.2) is 24.6 Å². The van der Waals surface area contributed by atoms with E-state index in [1.54, 1.807) is 27.1 Å². The third-order valence-electron chi connectivity index (χ3n) is 2.70. The third-order valence-corrected chi connectivity index (χ3v) is 2.70. The number of nitrogens with one attached hydrogen (secondary N) is 1. The molecule has 0 radical (unpaired) electrons. The maximum Gasteiger partial charge on any atom is 0.307 e. The number of carbonyl (C=O) groups excluding carboxylic acids is 1. The zero-order valence-electron chi connectivity index (χ0n) is 10.3. The average molecular weight is 240 g/mol. The minimum Gasteiger partial charge on any atom is -0.466 e. The number of esters is 1. The molecule has 1 aromatic rings. The van der Waals surface area contributed by atoms with Gasteiger partial charge in [-0.2, -0.15) is 0 Å². The monoisotopic (exact) mass is 240 g/mol. The third kappa shape index (κ3) is 3.49. The van der Waals surface area contributed by atoms with E-state index in [-0.39, 0.29) is 12.4 Å². The molecule has 1 rings (SSSR count). The Kier molecular flexibility index (Phi) is 4.57. The number of halogens is 1.